The van der Waals surface area contributed by atoms with E-state index in [2.05, 4.69) is 32.6 Å². The minimum atomic E-state index is 0.163. The van der Waals surface area contributed by atoms with Gasteiger partial charge in [0.25, 0.3) is 0 Å². The Bertz CT molecular complexity index is 373. The summed E-state index contributed by atoms with van der Waals surface area (Å²) in [6, 6.07) is 3.97. The molecule has 0 aliphatic carbocycles. The van der Waals surface area contributed by atoms with Crippen molar-refractivity contribution in [3.05, 3.63) is 21.3 Å². The Morgan fingerprint density at radius 2 is 2.00 bits per heavy atom. The van der Waals surface area contributed by atoms with Crippen molar-refractivity contribution < 1.29 is 4.79 Å². The van der Waals surface area contributed by atoms with Crippen LogP contribution in [0.15, 0.2) is 12.1 Å². The van der Waals surface area contributed by atoms with Crippen LogP contribution in [-0.4, -0.2) is 29.8 Å². The van der Waals surface area contributed by atoms with Gasteiger partial charge in [0, 0.05) is 12.6 Å². The van der Waals surface area contributed by atoms with Gasteiger partial charge in [-0.1, -0.05) is 25.4 Å². The number of rotatable bonds is 6. The van der Waals surface area contributed by atoms with E-state index in [0.29, 0.717) is 22.8 Å². The van der Waals surface area contributed by atoms with Gasteiger partial charge in [-0.15, -0.1) is 11.3 Å². The molecule has 0 bridgehead atoms. The van der Waals surface area contributed by atoms with Crippen LogP contribution in [0, 0.1) is 5.92 Å². The van der Waals surface area contributed by atoms with Gasteiger partial charge in [0.15, 0.2) is 5.78 Å². The van der Waals surface area contributed by atoms with Gasteiger partial charge in [-0.05, 0) is 31.9 Å². The van der Waals surface area contributed by atoms with Gasteiger partial charge >= 0.3 is 0 Å². The Hall–Kier alpha value is -0.380. The van der Waals surface area contributed by atoms with Gasteiger partial charge in [-0.2, -0.15) is 0 Å². The van der Waals surface area contributed by atoms with Gasteiger partial charge in [-0.3, -0.25) is 9.69 Å². The molecular formula is C13H20ClNOS. The number of carbonyl (C=O) groups excluding carboxylic acids is 1. The van der Waals surface area contributed by atoms with E-state index in [-0.39, 0.29) is 5.78 Å². The second-order valence-electron chi connectivity index (χ2n) is 4.94. The van der Waals surface area contributed by atoms with Crippen molar-refractivity contribution in [2.45, 2.75) is 33.7 Å². The van der Waals surface area contributed by atoms with Crippen LogP contribution >= 0.6 is 22.9 Å². The van der Waals surface area contributed by atoms with Crippen LogP contribution < -0.4 is 0 Å². The molecule has 0 aliphatic rings. The molecule has 0 amide bonds. The van der Waals surface area contributed by atoms with Crippen molar-refractivity contribution >= 4 is 28.7 Å². The first-order chi connectivity index (χ1) is 7.90. The third-order valence-electron chi connectivity index (χ3n) is 2.52. The van der Waals surface area contributed by atoms with Gasteiger partial charge in [0.05, 0.1) is 15.8 Å². The van der Waals surface area contributed by atoms with Crippen molar-refractivity contribution in [1.29, 1.82) is 0 Å². The first kappa shape index (κ1) is 14.7. The van der Waals surface area contributed by atoms with E-state index in [0.717, 1.165) is 11.4 Å². The molecule has 0 unspecified atom stereocenters. The molecule has 2 nitrogen and oxygen atoms in total. The summed E-state index contributed by atoms with van der Waals surface area (Å²) in [5.74, 6) is 0.730. The molecule has 0 N–H and O–H groups in total. The van der Waals surface area contributed by atoms with E-state index in [4.69, 9.17) is 11.6 Å². The maximum absolute atomic E-state index is 12.1. The lowest BCUT2D eigenvalue weighted by atomic mass is 10.1. The molecule has 0 atom stereocenters. The average Bonchev–Trinajstić information content (AvgIpc) is 2.63. The van der Waals surface area contributed by atoms with Crippen LogP contribution in [0.1, 0.15) is 37.4 Å². The summed E-state index contributed by atoms with van der Waals surface area (Å²) in [6.07, 6.45) is 0. The number of nitrogens with zero attached hydrogens (tertiary/aromatic N) is 1. The van der Waals surface area contributed by atoms with Gasteiger partial charge in [0.1, 0.15) is 0 Å². The quantitative estimate of drug-likeness (QED) is 0.732. The number of thiophene rings is 1. The van der Waals surface area contributed by atoms with Crippen molar-refractivity contribution in [2.24, 2.45) is 5.92 Å². The number of hydrogen-bond donors (Lipinski definition) is 0. The van der Waals surface area contributed by atoms with Gasteiger partial charge in [0.2, 0.25) is 0 Å². The summed E-state index contributed by atoms with van der Waals surface area (Å²) >= 11 is 7.20. The van der Waals surface area contributed by atoms with E-state index in [1.54, 1.807) is 6.07 Å². The predicted octanol–water partition coefficient (Wildman–Crippen LogP) is 3.95. The minimum Gasteiger partial charge on any atom is -0.293 e. The molecule has 4 heteroatoms. The maximum Gasteiger partial charge on any atom is 0.186 e. The fraction of sp³-hybridized carbons (Fsp3) is 0.615. The molecule has 1 rings (SSSR count). The molecule has 1 aromatic rings. The zero-order valence-corrected chi connectivity index (χ0v) is 12.4. The molecule has 0 radical (unpaired) electrons. The summed E-state index contributed by atoms with van der Waals surface area (Å²) in [7, 11) is 0. The van der Waals surface area contributed by atoms with E-state index >= 15 is 0 Å². The Morgan fingerprint density at radius 3 is 2.41 bits per heavy atom. The lowest BCUT2D eigenvalue weighted by Gasteiger charge is -2.27. The topological polar surface area (TPSA) is 20.3 Å². The highest BCUT2D eigenvalue weighted by Crippen LogP contribution is 2.22. The summed E-state index contributed by atoms with van der Waals surface area (Å²) in [6.45, 7) is 10.0. The zero-order chi connectivity index (χ0) is 13.0. The maximum atomic E-state index is 12.1. The lowest BCUT2D eigenvalue weighted by molar-refractivity contribution is 0.0897. The number of carbonyl (C=O) groups is 1. The average molecular weight is 274 g/mol. The minimum absolute atomic E-state index is 0.163. The summed E-state index contributed by atoms with van der Waals surface area (Å²) in [4.78, 5) is 15.0. The predicted molar refractivity (Wildman–Crippen MR) is 75.2 cm³/mol. The molecule has 0 aliphatic heterocycles. The SMILES string of the molecule is CC(C)CN(CC(=O)c1ccc(Cl)s1)C(C)C. The number of ketones is 1. The van der Waals surface area contributed by atoms with Crippen molar-refractivity contribution in [3.63, 3.8) is 0 Å². The van der Waals surface area contributed by atoms with Crippen molar-refractivity contribution in [2.75, 3.05) is 13.1 Å². The highest BCUT2D eigenvalue weighted by Gasteiger charge is 2.17. The molecule has 0 fully saturated rings. The van der Waals surface area contributed by atoms with E-state index in [1.165, 1.54) is 11.3 Å². The van der Waals surface area contributed by atoms with Crippen LogP contribution in [0.3, 0.4) is 0 Å². The van der Waals surface area contributed by atoms with Gasteiger partial charge < -0.3 is 0 Å². The smallest absolute Gasteiger partial charge is 0.186 e. The van der Waals surface area contributed by atoms with E-state index in [9.17, 15) is 4.79 Å². The monoisotopic (exact) mass is 273 g/mol. The summed E-state index contributed by atoms with van der Waals surface area (Å²) < 4.78 is 0.674. The third-order valence-corrected chi connectivity index (χ3v) is 3.80. The second-order valence-corrected chi connectivity index (χ2v) is 6.66. The van der Waals surface area contributed by atoms with Crippen LogP contribution in [0.25, 0.3) is 0 Å². The Kier molecular flexibility index (Phi) is 5.63. The van der Waals surface area contributed by atoms with Crippen molar-refractivity contribution in [3.8, 4) is 0 Å². The Balaban J connectivity index is 2.64. The Morgan fingerprint density at radius 1 is 1.35 bits per heavy atom. The molecule has 96 valence electrons. The first-order valence-electron chi connectivity index (χ1n) is 5.92. The zero-order valence-electron chi connectivity index (χ0n) is 10.9. The van der Waals surface area contributed by atoms with Crippen molar-refractivity contribution in [1.82, 2.24) is 4.90 Å². The highest BCUT2D eigenvalue weighted by molar-refractivity contribution is 7.18. The van der Waals surface area contributed by atoms with E-state index < -0.39 is 0 Å². The third kappa shape index (κ3) is 4.78. The number of halogens is 1. The highest BCUT2D eigenvalue weighted by atomic mass is 35.5. The fourth-order valence-corrected chi connectivity index (χ4v) is 2.63. The van der Waals surface area contributed by atoms with Crippen LogP contribution in [0.4, 0.5) is 0 Å². The molecule has 0 spiro atoms. The molecule has 1 aromatic heterocycles. The standard InChI is InChI=1S/C13H20ClNOS/c1-9(2)7-15(10(3)4)8-11(16)12-5-6-13(14)17-12/h5-6,9-10H,7-8H2,1-4H3. The fourth-order valence-electron chi connectivity index (χ4n) is 1.65. The number of hydrogen-bond acceptors (Lipinski definition) is 3. The van der Waals surface area contributed by atoms with Crippen LogP contribution in [-0.2, 0) is 0 Å². The van der Waals surface area contributed by atoms with Crippen LogP contribution in [0.5, 0.6) is 0 Å². The Labute approximate surface area is 113 Å². The molecule has 0 aromatic carbocycles. The second kappa shape index (κ2) is 6.53. The lowest BCUT2D eigenvalue weighted by Crippen LogP contribution is -2.38. The first-order valence-corrected chi connectivity index (χ1v) is 7.12. The van der Waals surface area contributed by atoms with Crippen LogP contribution in [0.2, 0.25) is 4.34 Å². The number of Topliss-reactive ketones (excluding diaryl/α,β-unsaturated/α-hetero) is 1. The van der Waals surface area contributed by atoms with Gasteiger partial charge in [-0.25, -0.2) is 0 Å². The summed E-state index contributed by atoms with van der Waals surface area (Å²) in [5.41, 5.74) is 0. The summed E-state index contributed by atoms with van der Waals surface area (Å²) in [5, 5.41) is 0. The molecule has 1 heterocycles. The molecular weight excluding hydrogens is 254 g/mol. The molecule has 0 saturated heterocycles. The normalized spacial score (nSPS) is 11.8. The largest absolute Gasteiger partial charge is 0.293 e. The molecule has 17 heavy (non-hydrogen) atoms. The van der Waals surface area contributed by atoms with E-state index in [1.807, 2.05) is 6.07 Å². The molecule has 0 saturated carbocycles.